The van der Waals surface area contributed by atoms with Gasteiger partial charge in [-0.2, -0.15) is 0 Å². The summed E-state index contributed by atoms with van der Waals surface area (Å²) in [5, 5.41) is 23.9. The first kappa shape index (κ1) is 19.8. The smallest absolute Gasteiger partial charge is 0.288 e. The van der Waals surface area contributed by atoms with Gasteiger partial charge < -0.3 is 0 Å². The summed E-state index contributed by atoms with van der Waals surface area (Å²) in [5.41, 5.74) is 0.497. The molecule has 1 aliphatic rings. The van der Waals surface area contributed by atoms with Crippen LogP contribution >= 0.6 is 23.2 Å². The normalized spacial score (nSPS) is 11.8. The minimum atomic E-state index is -0.796. The Labute approximate surface area is 178 Å². The number of nitrogens with zero attached hydrogens (tertiary/aromatic N) is 3. The molecule has 3 aromatic carbocycles. The van der Waals surface area contributed by atoms with Crippen LogP contribution in [0.1, 0.15) is 15.9 Å². The lowest BCUT2D eigenvalue weighted by Gasteiger charge is -2.22. The minimum Gasteiger partial charge on any atom is -0.288 e. The van der Waals surface area contributed by atoms with Gasteiger partial charge in [0, 0.05) is 16.7 Å². The molecule has 0 fully saturated rings. The van der Waals surface area contributed by atoms with Gasteiger partial charge in [-0.15, -0.1) is 0 Å². The maximum Gasteiger partial charge on any atom is 0.301 e. The van der Waals surface area contributed by atoms with E-state index in [0.29, 0.717) is 21.7 Å². The summed E-state index contributed by atoms with van der Waals surface area (Å²) < 4.78 is 0. The number of benzene rings is 3. The molecule has 0 saturated carbocycles. The van der Waals surface area contributed by atoms with Gasteiger partial charge in [-0.25, -0.2) is 5.84 Å². The number of carbonyl (C=O) groups is 1. The van der Waals surface area contributed by atoms with Crippen molar-refractivity contribution >= 4 is 51.7 Å². The van der Waals surface area contributed by atoms with Crippen molar-refractivity contribution in [3.8, 4) is 11.1 Å². The van der Waals surface area contributed by atoms with Gasteiger partial charge in [-0.3, -0.25) is 30.0 Å². The lowest BCUT2D eigenvalue weighted by molar-refractivity contribution is -0.393. The highest BCUT2D eigenvalue weighted by molar-refractivity contribution is 6.37. The first-order chi connectivity index (χ1) is 14.2. The second-order valence-corrected chi connectivity index (χ2v) is 7.24. The number of carbonyl (C=O) groups excluding carboxylic acids is 1. The van der Waals surface area contributed by atoms with Crippen LogP contribution in [0.25, 0.3) is 11.1 Å². The number of nitrogens with two attached hydrogens (primary N) is 1. The first-order valence-corrected chi connectivity index (χ1v) is 9.11. The predicted molar refractivity (Wildman–Crippen MR) is 111 cm³/mol. The van der Waals surface area contributed by atoms with Crippen molar-refractivity contribution < 1.29 is 14.6 Å². The highest BCUT2D eigenvalue weighted by Gasteiger charge is 2.34. The SMILES string of the molecule is NN(c1ccc([N+](=O)[O-])cc1[N+](=O)[O-])c1c(Cl)ccc2c1C(=O)c1cc(Cl)ccc1-2. The maximum absolute atomic E-state index is 13.1. The van der Waals surface area contributed by atoms with E-state index in [1.54, 1.807) is 18.2 Å². The Kier molecular flexibility index (Phi) is 4.65. The number of anilines is 2. The van der Waals surface area contributed by atoms with Crippen molar-refractivity contribution in [2.45, 2.75) is 0 Å². The Morgan fingerprint density at radius 2 is 1.57 bits per heavy atom. The van der Waals surface area contributed by atoms with E-state index in [1.165, 1.54) is 12.1 Å². The monoisotopic (exact) mass is 444 g/mol. The molecule has 0 aliphatic heterocycles. The molecule has 11 heteroatoms. The molecule has 0 heterocycles. The summed E-state index contributed by atoms with van der Waals surface area (Å²) in [7, 11) is 0. The van der Waals surface area contributed by atoms with Crippen LogP contribution in [-0.2, 0) is 0 Å². The van der Waals surface area contributed by atoms with Crippen molar-refractivity contribution in [2.24, 2.45) is 5.84 Å². The Balaban J connectivity index is 1.93. The van der Waals surface area contributed by atoms with Crippen LogP contribution in [0.5, 0.6) is 0 Å². The molecule has 3 aromatic rings. The van der Waals surface area contributed by atoms with Crippen LogP contribution in [0.15, 0.2) is 48.5 Å². The van der Waals surface area contributed by atoms with Crippen LogP contribution in [0.3, 0.4) is 0 Å². The number of fused-ring (bicyclic) bond motifs is 3. The summed E-state index contributed by atoms with van der Waals surface area (Å²) in [6.45, 7) is 0. The van der Waals surface area contributed by atoms with Gasteiger partial charge >= 0.3 is 5.69 Å². The van der Waals surface area contributed by atoms with Crippen molar-refractivity contribution in [2.75, 3.05) is 5.01 Å². The molecule has 0 unspecified atom stereocenters. The lowest BCUT2D eigenvalue weighted by atomic mass is 10.0. The summed E-state index contributed by atoms with van der Waals surface area (Å²) in [6.07, 6.45) is 0. The molecule has 4 rings (SSSR count). The van der Waals surface area contributed by atoms with E-state index in [2.05, 4.69) is 0 Å². The van der Waals surface area contributed by atoms with E-state index in [1.807, 2.05) is 0 Å². The highest BCUT2D eigenvalue weighted by Crippen LogP contribution is 2.47. The number of rotatable bonds is 4. The van der Waals surface area contributed by atoms with E-state index in [-0.39, 0.29) is 27.7 Å². The molecule has 0 atom stereocenters. The first-order valence-electron chi connectivity index (χ1n) is 8.35. The summed E-state index contributed by atoms with van der Waals surface area (Å²) >= 11 is 12.3. The summed E-state index contributed by atoms with van der Waals surface area (Å²) in [5.74, 6) is 5.79. The molecule has 1 aliphatic carbocycles. The van der Waals surface area contributed by atoms with Gasteiger partial charge in [0.05, 0.1) is 32.2 Å². The fourth-order valence-corrected chi connectivity index (χ4v) is 3.85. The quantitative estimate of drug-likeness (QED) is 0.265. The van der Waals surface area contributed by atoms with E-state index in [9.17, 15) is 25.0 Å². The predicted octanol–water partition coefficient (Wildman–Crippen LogP) is 5.03. The third-order valence-corrected chi connectivity index (χ3v) is 5.28. The van der Waals surface area contributed by atoms with Gasteiger partial charge in [-0.05, 0) is 35.4 Å². The Hall–Kier alpha value is -3.53. The third-order valence-electron chi connectivity index (χ3n) is 4.74. The number of nitro benzene ring substituents is 2. The lowest BCUT2D eigenvalue weighted by Crippen LogP contribution is -2.28. The summed E-state index contributed by atoms with van der Waals surface area (Å²) in [6, 6.07) is 11.0. The zero-order valence-electron chi connectivity index (χ0n) is 14.8. The zero-order valence-corrected chi connectivity index (χ0v) is 16.3. The second kappa shape index (κ2) is 7.06. The molecule has 2 N–H and O–H groups in total. The van der Waals surface area contributed by atoms with Crippen molar-refractivity contribution in [1.29, 1.82) is 0 Å². The van der Waals surface area contributed by atoms with Crippen LogP contribution < -0.4 is 10.9 Å². The topological polar surface area (TPSA) is 133 Å². The highest BCUT2D eigenvalue weighted by atomic mass is 35.5. The van der Waals surface area contributed by atoms with E-state index in [0.717, 1.165) is 23.2 Å². The molecule has 30 heavy (non-hydrogen) atoms. The molecular formula is C19H10Cl2N4O5. The van der Waals surface area contributed by atoms with Crippen molar-refractivity contribution in [3.05, 3.63) is 89.9 Å². The average molecular weight is 445 g/mol. The average Bonchev–Trinajstić information content (AvgIpc) is 2.98. The molecule has 0 radical (unpaired) electrons. The van der Waals surface area contributed by atoms with Gasteiger partial charge in [0.25, 0.3) is 5.69 Å². The molecule has 0 spiro atoms. The molecule has 0 amide bonds. The molecule has 0 bridgehead atoms. The summed E-state index contributed by atoms with van der Waals surface area (Å²) in [4.78, 5) is 34.0. The largest absolute Gasteiger partial charge is 0.301 e. The number of nitro groups is 2. The number of hydrogen-bond donors (Lipinski definition) is 1. The van der Waals surface area contributed by atoms with Gasteiger partial charge in [0.15, 0.2) is 5.78 Å². The number of hydrogen-bond acceptors (Lipinski definition) is 7. The fourth-order valence-electron chi connectivity index (χ4n) is 3.43. The number of hydrazine groups is 1. The molecule has 150 valence electrons. The fraction of sp³-hybridized carbons (Fsp3) is 0. The standard InChI is InChI=1S/C19H10Cl2N4O5/c20-9-1-3-11-12-4-5-14(21)18(17(12)19(26)13(11)7-9)23(22)15-6-2-10(24(27)28)8-16(15)25(29)30/h1-8H,22H2. The molecular weight excluding hydrogens is 435 g/mol. The Bertz CT molecular complexity index is 1280. The van der Waals surface area contributed by atoms with Crippen molar-refractivity contribution in [1.82, 2.24) is 0 Å². The van der Waals surface area contributed by atoms with Gasteiger partial charge in [-0.1, -0.05) is 35.3 Å². The zero-order chi connectivity index (χ0) is 21.7. The van der Waals surface area contributed by atoms with E-state index in [4.69, 9.17) is 29.0 Å². The van der Waals surface area contributed by atoms with Crippen LogP contribution in [0.2, 0.25) is 10.0 Å². The van der Waals surface area contributed by atoms with E-state index >= 15 is 0 Å². The minimum absolute atomic E-state index is 0.0449. The Morgan fingerprint density at radius 1 is 0.867 bits per heavy atom. The molecule has 9 nitrogen and oxygen atoms in total. The molecule has 0 saturated heterocycles. The maximum atomic E-state index is 13.1. The van der Waals surface area contributed by atoms with E-state index < -0.39 is 21.2 Å². The number of ketones is 1. The van der Waals surface area contributed by atoms with Gasteiger partial charge in [0.2, 0.25) is 0 Å². The van der Waals surface area contributed by atoms with Crippen LogP contribution in [0.4, 0.5) is 22.7 Å². The van der Waals surface area contributed by atoms with Gasteiger partial charge in [0.1, 0.15) is 5.69 Å². The van der Waals surface area contributed by atoms with Crippen LogP contribution in [-0.4, -0.2) is 15.6 Å². The molecule has 0 aromatic heterocycles. The van der Waals surface area contributed by atoms with Crippen molar-refractivity contribution in [3.63, 3.8) is 0 Å². The van der Waals surface area contributed by atoms with Crippen LogP contribution in [0, 0.1) is 20.2 Å². The second-order valence-electron chi connectivity index (χ2n) is 6.39. The third kappa shape index (κ3) is 2.96. The number of non-ortho nitro benzene ring substituents is 1. The Morgan fingerprint density at radius 3 is 2.23 bits per heavy atom. The number of halogens is 2.